The molecule has 1 N–H and O–H groups in total. The second-order valence-electron chi connectivity index (χ2n) is 4.29. The standard InChI is InChI=1S/C10H15F3N2O2S/c1-9(10(11,12)13)7(16)15(8(17)14-9)5-3-2-4-6-18/h18H,2-6H2,1H3,(H,14,17). The summed E-state index contributed by atoms with van der Waals surface area (Å²) in [6, 6.07) is -0.981. The summed E-state index contributed by atoms with van der Waals surface area (Å²) in [5, 5.41) is 1.71. The first-order chi connectivity index (χ1) is 8.24. The summed E-state index contributed by atoms with van der Waals surface area (Å²) in [6.07, 6.45) is -2.81. The number of unbranched alkanes of at least 4 members (excludes halogenated alkanes) is 2. The number of amides is 3. The van der Waals surface area contributed by atoms with Crippen molar-refractivity contribution in [1.82, 2.24) is 10.2 Å². The van der Waals surface area contributed by atoms with Crippen LogP contribution in [0, 0.1) is 0 Å². The van der Waals surface area contributed by atoms with Crippen LogP contribution in [0.3, 0.4) is 0 Å². The molecule has 1 heterocycles. The molecule has 8 heteroatoms. The Morgan fingerprint density at radius 1 is 1.28 bits per heavy atom. The molecule has 1 atom stereocenters. The number of carbonyl (C=O) groups is 2. The Morgan fingerprint density at radius 2 is 1.89 bits per heavy atom. The van der Waals surface area contributed by atoms with E-state index in [2.05, 4.69) is 12.6 Å². The lowest BCUT2D eigenvalue weighted by Crippen LogP contribution is -2.56. The smallest absolute Gasteiger partial charge is 0.316 e. The molecule has 1 saturated heterocycles. The van der Waals surface area contributed by atoms with E-state index in [-0.39, 0.29) is 6.54 Å². The summed E-state index contributed by atoms with van der Waals surface area (Å²) in [7, 11) is 0. The van der Waals surface area contributed by atoms with Crippen LogP contribution < -0.4 is 5.32 Å². The number of imide groups is 1. The van der Waals surface area contributed by atoms with Crippen molar-refractivity contribution in [3.05, 3.63) is 0 Å². The minimum atomic E-state index is -4.79. The van der Waals surface area contributed by atoms with Crippen LogP contribution in [0.4, 0.5) is 18.0 Å². The minimum absolute atomic E-state index is 0.00408. The van der Waals surface area contributed by atoms with Gasteiger partial charge in [0.15, 0.2) is 0 Å². The predicted molar refractivity (Wildman–Crippen MR) is 62.4 cm³/mol. The largest absolute Gasteiger partial charge is 0.420 e. The molecule has 0 aliphatic carbocycles. The Balaban J connectivity index is 2.68. The van der Waals surface area contributed by atoms with Crippen LogP contribution in [0.25, 0.3) is 0 Å². The fourth-order valence-electron chi connectivity index (χ4n) is 1.65. The van der Waals surface area contributed by atoms with Gasteiger partial charge in [-0.3, -0.25) is 9.69 Å². The number of hydrogen-bond acceptors (Lipinski definition) is 3. The molecule has 0 bridgehead atoms. The van der Waals surface area contributed by atoms with Crippen LogP contribution in [-0.4, -0.2) is 40.9 Å². The van der Waals surface area contributed by atoms with E-state index < -0.39 is 23.7 Å². The van der Waals surface area contributed by atoms with E-state index in [9.17, 15) is 22.8 Å². The maximum atomic E-state index is 12.7. The molecule has 1 aliphatic heterocycles. The zero-order chi connectivity index (χ0) is 14.0. The Morgan fingerprint density at radius 3 is 2.33 bits per heavy atom. The van der Waals surface area contributed by atoms with Crippen LogP contribution in [0.5, 0.6) is 0 Å². The van der Waals surface area contributed by atoms with Gasteiger partial charge >= 0.3 is 12.2 Å². The number of alkyl halides is 3. The predicted octanol–water partition coefficient (Wildman–Crippen LogP) is 1.96. The van der Waals surface area contributed by atoms with E-state index in [4.69, 9.17) is 0 Å². The van der Waals surface area contributed by atoms with Crippen molar-refractivity contribution in [2.24, 2.45) is 0 Å². The normalized spacial score (nSPS) is 24.6. The van der Waals surface area contributed by atoms with Gasteiger partial charge in [0.05, 0.1) is 0 Å². The van der Waals surface area contributed by atoms with Crippen molar-refractivity contribution in [3.8, 4) is 0 Å². The second-order valence-corrected chi connectivity index (χ2v) is 4.74. The molecule has 4 nitrogen and oxygen atoms in total. The van der Waals surface area contributed by atoms with Gasteiger partial charge < -0.3 is 5.32 Å². The van der Waals surface area contributed by atoms with Gasteiger partial charge in [-0.1, -0.05) is 6.42 Å². The Hall–Kier alpha value is -0.920. The van der Waals surface area contributed by atoms with Crippen LogP contribution in [-0.2, 0) is 4.79 Å². The molecule has 1 fully saturated rings. The van der Waals surface area contributed by atoms with Crippen LogP contribution >= 0.6 is 12.6 Å². The molecule has 0 spiro atoms. The van der Waals surface area contributed by atoms with Gasteiger partial charge in [-0.15, -0.1) is 0 Å². The van der Waals surface area contributed by atoms with E-state index in [0.717, 1.165) is 6.42 Å². The Kier molecular flexibility index (Phi) is 4.52. The molecule has 1 rings (SSSR count). The third kappa shape index (κ3) is 2.73. The number of nitrogens with zero attached hydrogens (tertiary/aromatic N) is 1. The third-order valence-corrected chi connectivity index (χ3v) is 3.20. The van der Waals surface area contributed by atoms with Gasteiger partial charge in [-0.05, 0) is 25.5 Å². The van der Waals surface area contributed by atoms with Crippen molar-refractivity contribution >= 4 is 24.6 Å². The molecular weight excluding hydrogens is 269 g/mol. The first-order valence-corrected chi connectivity index (χ1v) is 6.19. The minimum Gasteiger partial charge on any atom is -0.316 e. The first kappa shape index (κ1) is 15.1. The highest BCUT2D eigenvalue weighted by molar-refractivity contribution is 7.80. The molecule has 18 heavy (non-hydrogen) atoms. The van der Waals surface area contributed by atoms with Crippen LogP contribution in [0.1, 0.15) is 26.2 Å². The van der Waals surface area contributed by atoms with Crippen molar-refractivity contribution in [1.29, 1.82) is 0 Å². The highest BCUT2D eigenvalue weighted by Crippen LogP contribution is 2.35. The molecular formula is C10H15F3N2O2S. The quantitative estimate of drug-likeness (QED) is 0.460. The van der Waals surface area contributed by atoms with E-state index in [1.54, 1.807) is 5.32 Å². The van der Waals surface area contributed by atoms with Crippen LogP contribution in [0.15, 0.2) is 0 Å². The molecule has 1 aliphatic rings. The molecule has 0 saturated carbocycles. The van der Waals surface area contributed by atoms with Crippen molar-refractivity contribution in [2.45, 2.75) is 37.9 Å². The topological polar surface area (TPSA) is 49.4 Å². The molecule has 0 radical (unpaired) electrons. The zero-order valence-electron chi connectivity index (χ0n) is 9.88. The Labute approximate surface area is 108 Å². The van der Waals surface area contributed by atoms with Gasteiger partial charge in [0.2, 0.25) is 5.54 Å². The van der Waals surface area contributed by atoms with Gasteiger partial charge in [0.25, 0.3) is 5.91 Å². The van der Waals surface area contributed by atoms with Crippen molar-refractivity contribution < 1.29 is 22.8 Å². The van der Waals surface area contributed by atoms with E-state index in [1.807, 2.05) is 0 Å². The number of nitrogens with one attached hydrogen (secondary N) is 1. The number of urea groups is 1. The molecule has 0 aromatic heterocycles. The van der Waals surface area contributed by atoms with Crippen molar-refractivity contribution in [2.75, 3.05) is 12.3 Å². The molecule has 0 aromatic carbocycles. The number of hydrogen-bond donors (Lipinski definition) is 2. The second kappa shape index (κ2) is 5.38. The summed E-state index contributed by atoms with van der Waals surface area (Å²) in [5.41, 5.74) is -2.80. The average molecular weight is 284 g/mol. The van der Waals surface area contributed by atoms with Gasteiger partial charge in [-0.2, -0.15) is 25.8 Å². The fraction of sp³-hybridized carbons (Fsp3) is 0.800. The average Bonchev–Trinajstić information content (AvgIpc) is 2.47. The van der Waals surface area contributed by atoms with Gasteiger partial charge in [0.1, 0.15) is 0 Å². The Bertz CT molecular complexity index is 349. The highest BCUT2D eigenvalue weighted by Gasteiger charge is 2.64. The van der Waals surface area contributed by atoms with E-state index >= 15 is 0 Å². The fourth-order valence-corrected chi connectivity index (χ4v) is 1.87. The van der Waals surface area contributed by atoms with Crippen molar-refractivity contribution in [3.63, 3.8) is 0 Å². The monoisotopic (exact) mass is 284 g/mol. The lowest BCUT2D eigenvalue weighted by Gasteiger charge is -2.24. The zero-order valence-corrected chi connectivity index (χ0v) is 10.8. The molecule has 1 unspecified atom stereocenters. The summed E-state index contributed by atoms with van der Waals surface area (Å²) in [6.45, 7) is 0.686. The van der Waals surface area contributed by atoms with E-state index in [0.29, 0.717) is 30.4 Å². The molecule has 0 aromatic rings. The first-order valence-electron chi connectivity index (χ1n) is 5.55. The summed E-state index contributed by atoms with van der Waals surface area (Å²) in [5.74, 6) is -0.564. The van der Waals surface area contributed by atoms with E-state index in [1.165, 1.54) is 0 Å². The maximum Gasteiger partial charge on any atom is 0.420 e. The maximum absolute atomic E-state index is 12.7. The summed E-state index contributed by atoms with van der Waals surface area (Å²) >= 11 is 4.00. The molecule has 104 valence electrons. The number of rotatable bonds is 5. The van der Waals surface area contributed by atoms with Gasteiger partial charge in [0, 0.05) is 6.54 Å². The number of halogens is 3. The SMILES string of the molecule is CC1(C(F)(F)F)NC(=O)N(CCCCCS)C1=O. The lowest BCUT2D eigenvalue weighted by atomic mass is 10.0. The van der Waals surface area contributed by atoms with Gasteiger partial charge in [-0.25, -0.2) is 4.79 Å². The highest BCUT2D eigenvalue weighted by atomic mass is 32.1. The summed E-state index contributed by atoms with van der Waals surface area (Å²) < 4.78 is 38.1. The molecule has 3 amide bonds. The van der Waals surface area contributed by atoms with Crippen LogP contribution in [0.2, 0.25) is 0 Å². The summed E-state index contributed by atoms with van der Waals surface area (Å²) in [4.78, 5) is 23.7. The third-order valence-electron chi connectivity index (χ3n) is 2.88. The number of thiol groups is 1. The lowest BCUT2D eigenvalue weighted by molar-refractivity contribution is -0.191. The number of carbonyl (C=O) groups excluding carboxylic acids is 2.